The van der Waals surface area contributed by atoms with Crippen LogP contribution in [0.3, 0.4) is 0 Å². The van der Waals surface area contributed by atoms with Crippen molar-refractivity contribution in [2.75, 3.05) is 11.1 Å². The van der Waals surface area contributed by atoms with E-state index in [2.05, 4.69) is 45.2 Å². The minimum Gasteiger partial charge on any atom is -0.390 e. The van der Waals surface area contributed by atoms with Crippen molar-refractivity contribution >= 4 is 84.9 Å². The van der Waals surface area contributed by atoms with E-state index in [-0.39, 0.29) is 49.2 Å². The topological polar surface area (TPSA) is 249 Å². The summed E-state index contributed by atoms with van der Waals surface area (Å²) in [6.07, 6.45) is 10.7. The van der Waals surface area contributed by atoms with Gasteiger partial charge in [0.15, 0.2) is 0 Å². The van der Waals surface area contributed by atoms with Gasteiger partial charge in [0.2, 0.25) is 17.8 Å². The van der Waals surface area contributed by atoms with E-state index in [0.29, 0.717) is 40.9 Å². The molecule has 0 saturated heterocycles. The van der Waals surface area contributed by atoms with Gasteiger partial charge in [-0.2, -0.15) is 0 Å². The van der Waals surface area contributed by atoms with Crippen LogP contribution in [0.15, 0.2) is 86.0 Å². The van der Waals surface area contributed by atoms with E-state index in [1.54, 1.807) is 12.4 Å². The number of aliphatic hydroxyl groups excluding tert-OH is 4. The van der Waals surface area contributed by atoms with Gasteiger partial charge in [-0.3, -0.25) is 10.1 Å². The molecular weight excluding hydrogens is 859 g/mol. The van der Waals surface area contributed by atoms with Crippen molar-refractivity contribution in [2.24, 2.45) is 11.8 Å². The first kappa shape index (κ1) is 44.6. The Morgan fingerprint density at radius 2 is 1.17 bits per heavy atom. The number of rotatable bonds is 9. The molecule has 0 spiro atoms. The zero-order valence-electron chi connectivity index (χ0n) is 33.9. The third-order valence-corrected chi connectivity index (χ3v) is 13.0. The molecule has 332 valence electrons. The molecule has 6 heterocycles. The molecule has 17 nitrogen and oxygen atoms in total. The average molecular weight is 908 g/mol. The predicted octanol–water partition coefficient (Wildman–Crippen LogP) is 6.06. The van der Waals surface area contributed by atoms with E-state index in [1.807, 2.05) is 70.1 Å². The summed E-state index contributed by atoms with van der Waals surface area (Å²) >= 11 is 12.3. The monoisotopic (exact) mass is 906 g/mol. The van der Waals surface area contributed by atoms with Crippen molar-refractivity contribution < 1.29 is 25.2 Å². The number of aliphatic hydroxyl groups is 4. The van der Waals surface area contributed by atoms with Gasteiger partial charge in [0.1, 0.15) is 46.5 Å². The van der Waals surface area contributed by atoms with Gasteiger partial charge in [-0.05, 0) is 85.8 Å². The summed E-state index contributed by atoms with van der Waals surface area (Å²) in [7, 11) is 0. The van der Waals surface area contributed by atoms with Crippen LogP contribution in [0.2, 0.25) is 10.3 Å². The van der Waals surface area contributed by atoms with Crippen molar-refractivity contribution in [3.63, 3.8) is 0 Å². The Morgan fingerprint density at radius 1 is 0.688 bits per heavy atom. The number of carbonyl (C=O) groups is 1. The Balaban J connectivity index is 0.000000173. The highest BCUT2D eigenvalue weighted by Crippen LogP contribution is 2.41. The fourth-order valence-corrected chi connectivity index (χ4v) is 9.51. The van der Waals surface area contributed by atoms with Crippen LogP contribution < -0.4 is 11.1 Å². The number of nitrogens with one attached hydrogen (secondary N) is 1. The van der Waals surface area contributed by atoms with Crippen molar-refractivity contribution in [3.8, 4) is 0 Å². The number of hydrogen-bond acceptors (Lipinski definition) is 14. The van der Waals surface area contributed by atoms with E-state index in [4.69, 9.17) is 28.9 Å². The molecule has 64 heavy (non-hydrogen) atoms. The average Bonchev–Trinajstić information content (AvgIpc) is 4.04. The first-order valence-electron chi connectivity index (χ1n) is 20.6. The van der Waals surface area contributed by atoms with Gasteiger partial charge in [0.05, 0.1) is 46.1 Å². The zero-order valence-corrected chi connectivity index (χ0v) is 35.5. The fourth-order valence-electron chi connectivity index (χ4n) is 9.12. The van der Waals surface area contributed by atoms with E-state index in [9.17, 15) is 25.2 Å². The van der Waals surface area contributed by atoms with Crippen LogP contribution in [0.25, 0.3) is 43.9 Å². The number of amides is 1. The summed E-state index contributed by atoms with van der Waals surface area (Å²) in [5.74, 6) is 0.187. The second kappa shape index (κ2) is 18.6. The number of fused-ring (bicyclic) bond motifs is 4. The number of anilines is 2. The van der Waals surface area contributed by atoms with Gasteiger partial charge in [0, 0.05) is 42.5 Å². The standard InChI is InChI=1S/C23H23ClN6O3.C21H21ClN6O2.CH4/c1-12(31)28-23-25-10-15-5-3-13(8-17(15)29-23)2-4-14-9-18(20(33)19(14)32)30-7-6-16-21(24)26-11-27-22(16)30;22-19-14-5-6-28(20(14)26-10-25-19)16-8-12(17(29)18(16)30)3-1-11-2-4-13-9-24-21(23)27-15(13)7-11;/h3,5-8,10-11,14,18-20,32-33H,2,4,9H2,1H3,(H,25,28,29,31);2,4-7,9-10,12,16-18,29-30H,1,3,8H2,(H2,23,24,27);1H4/t14-,18+,19+,20-;12-,16+,17+,18-;/m00./s1. The molecule has 8 atom stereocenters. The highest BCUT2D eigenvalue weighted by Gasteiger charge is 2.43. The fraction of sp³-hybridized carbons (Fsp3) is 0.356. The van der Waals surface area contributed by atoms with Gasteiger partial charge < -0.3 is 35.3 Å². The second-order valence-corrected chi connectivity index (χ2v) is 17.0. The zero-order chi connectivity index (χ0) is 43.9. The van der Waals surface area contributed by atoms with Crippen molar-refractivity contribution in [2.45, 2.75) is 89.4 Å². The smallest absolute Gasteiger partial charge is 0.229 e. The lowest BCUT2D eigenvalue weighted by atomic mass is 9.95. The molecule has 8 aromatic rings. The SMILES string of the molecule is C.CC(=O)Nc1ncc2ccc(CC[C@H]3C[C@@H](n4ccc5c(Cl)ncnc54)[C@H](O)[C@@H]3O)cc2n1.Nc1ncc2ccc(CC[C@H]3C[C@@H](n4ccc5c(Cl)ncnc54)[C@H](O)[C@@H]3O)cc2n1. The van der Waals surface area contributed by atoms with Crippen LogP contribution in [0.4, 0.5) is 11.9 Å². The van der Waals surface area contributed by atoms with Gasteiger partial charge in [-0.15, -0.1) is 0 Å². The Hall–Kier alpha value is -5.95. The van der Waals surface area contributed by atoms with E-state index in [0.717, 1.165) is 63.0 Å². The van der Waals surface area contributed by atoms with Crippen molar-refractivity contribution in [3.05, 3.63) is 107 Å². The van der Waals surface area contributed by atoms with Gasteiger partial charge in [-0.25, -0.2) is 39.9 Å². The van der Waals surface area contributed by atoms with Crippen LogP contribution in [0.5, 0.6) is 0 Å². The largest absolute Gasteiger partial charge is 0.390 e. The number of halogens is 2. The first-order chi connectivity index (χ1) is 30.4. The second-order valence-electron chi connectivity index (χ2n) is 16.3. The highest BCUT2D eigenvalue weighted by molar-refractivity contribution is 6.34. The molecular formula is C45H48Cl2N12O5. The third kappa shape index (κ3) is 8.91. The molecule has 0 bridgehead atoms. The molecule has 19 heteroatoms. The number of nitrogens with zero attached hydrogens (tertiary/aromatic N) is 10. The predicted molar refractivity (Wildman–Crippen MR) is 245 cm³/mol. The lowest BCUT2D eigenvalue weighted by molar-refractivity contribution is -0.114. The lowest BCUT2D eigenvalue weighted by Gasteiger charge is -2.19. The molecule has 0 radical (unpaired) electrons. The number of benzene rings is 2. The number of nitrogens with two attached hydrogens (primary N) is 1. The number of carbonyl (C=O) groups excluding carboxylic acids is 1. The van der Waals surface area contributed by atoms with Gasteiger partial charge in [0.25, 0.3) is 0 Å². The highest BCUT2D eigenvalue weighted by atomic mass is 35.5. The molecule has 1 amide bonds. The van der Waals surface area contributed by atoms with Gasteiger partial charge in [-0.1, -0.05) is 54.9 Å². The Morgan fingerprint density at radius 3 is 1.67 bits per heavy atom. The summed E-state index contributed by atoms with van der Waals surface area (Å²) in [6, 6.07) is 15.0. The van der Waals surface area contributed by atoms with Crippen LogP contribution in [0, 0.1) is 11.8 Å². The molecule has 0 unspecified atom stereocenters. The van der Waals surface area contributed by atoms with E-state index < -0.39 is 24.4 Å². The summed E-state index contributed by atoms with van der Waals surface area (Å²) in [5.41, 5.74) is 10.7. The molecule has 6 aromatic heterocycles. The summed E-state index contributed by atoms with van der Waals surface area (Å²) in [5, 5.41) is 49.5. The van der Waals surface area contributed by atoms with Crippen LogP contribution in [-0.2, 0) is 17.6 Å². The number of aromatic nitrogens is 10. The van der Waals surface area contributed by atoms with E-state index in [1.165, 1.54) is 19.6 Å². The van der Waals surface area contributed by atoms with Gasteiger partial charge >= 0.3 is 0 Å². The Bertz CT molecular complexity index is 2970. The number of nitrogen functional groups attached to an aromatic ring is 1. The summed E-state index contributed by atoms with van der Waals surface area (Å²) < 4.78 is 3.78. The molecule has 2 aliphatic carbocycles. The molecule has 2 saturated carbocycles. The molecule has 10 rings (SSSR count). The Kier molecular flexibility index (Phi) is 13.0. The molecule has 0 aliphatic heterocycles. The number of hydrogen-bond donors (Lipinski definition) is 6. The normalized spacial score (nSPS) is 23.0. The maximum Gasteiger partial charge on any atom is 0.229 e. The summed E-state index contributed by atoms with van der Waals surface area (Å²) in [6.45, 7) is 1.41. The van der Waals surface area contributed by atoms with Crippen molar-refractivity contribution in [1.29, 1.82) is 0 Å². The minimum absolute atomic E-state index is 0. The molecule has 2 aromatic carbocycles. The van der Waals surface area contributed by atoms with Crippen LogP contribution in [0.1, 0.15) is 63.2 Å². The number of aryl methyl sites for hydroxylation is 2. The third-order valence-electron chi connectivity index (χ3n) is 12.4. The Labute approximate surface area is 377 Å². The van der Waals surface area contributed by atoms with Crippen LogP contribution in [-0.4, -0.2) is 99.8 Å². The first-order valence-corrected chi connectivity index (χ1v) is 21.4. The molecule has 2 aliphatic rings. The van der Waals surface area contributed by atoms with E-state index >= 15 is 0 Å². The summed E-state index contributed by atoms with van der Waals surface area (Å²) in [4.78, 5) is 44.7. The quantitative estimate of drug-likeness (QED) is 0.0901. The minimum atomic E-state index is -0.899. The molecule has 2 fully saturated rings. The van der Waals surface area contributed by atoms with Crippen molar-refractivity contribution in [1.82, 2.24) is 49.0 Å². The van der Waals surface area contributed by atoms with Crippen LogP contribution >= 0.6 is 23.2 Å². The maximum absolute atomic E-state index is 11.3. The lowest BCUT2D eigenvalue weighted by Crippen LogP contribution is -2.29. The maximum atomic E-state index is 11.3. The molecule has 7 N–H and O–H groups in total.